The maximum Gasteiger partial charge on any atom is 0.418 e. The van der Waals surface area contributed by atoms with E-state index in [4.69, 9.17) is 0 Å². The van der Waals surface area contributed by atoms with Gasteiger partial charge in [0.1, 0.15) is 11.5 Å². The van der Waals surface area contributed by atoms with Crippen molar-refractivity contribution in [2.24, 2.45) is 0 Å². The average Bonchev–Trinajstić information content (AvgIpc) is 2.78. The quantitative estimate of drug-likeness (QED) is 0.402. The van der Waals surface area contributed by atoms with Gasteiger partial charge in [-0.25, -0.2) is 9.37 Å². The van der Waals surface area contributed by atoms with E-state index >= 15 is 0 Å². The van der Waals surface area contributed by atoms with Gasteiger partial charge in [0.25, 0.3) is 11.5 Å². The predicted molar refractivity (Wildman–Crippen MR) is 119 cm³/mol. The third-order valence-electron chi connectivity index (χ3n) is 5.01. The van der Waals surface area contributed by atoms with E-state index in [-0.39, 0.29) is 34.7 Å². The van der Waals surface area contributed by atoms with Crippen LogP contribution in [0.4, 0.5) is 28.9 Å². The predicted octanol–water partition coefficient (Wildman–Crippen LogP) is 5.03. The highest BCUT2D eigenvalue weighted by Gasteiger charge is 2.34. The van der Waals surface area contributed by atoms with Crippen molar-refractivity contribution in [3.8, 4) is 0 Å². The van der Waals surface area contributed by atoms with Gasteiger partial charge in [0.05, 0.1) is 17.8 Å². The molecular weight excluding hydrogens is 452 g/mol. The zero-order valence-corrected chi connectivity index (χ0v) is 17.8. The van der Waals surface area contributed by atoms with Crippen LogP contribution in [0.3, 0.4) is 0 Å². The lowest BCUT2D eigenvalue weighted by Gasteiger charge is -2.16. The van der Waals surface area contributed by atoms with E-state index in [0.717, 1.165) is 23.8 Å². The molecule has 2 N–H and O–H groups in total. The number of benzene rings is 2. The minimum Gasteiger partial charge on any atom is -0.379 e. The Morgan fingerprint density at radius 3 is 2.47 bits per heavy atom. The molecular formula is C24H18F4N4O2. The summed E-state index contributed by atoms with van der Waals surface area (Å²) < 4.78 is 55.5. The van der Waals surface area contributed by atoms with E-state index in [1.165, 1.54) is 34.7 Å². The first-order valence-electron chi connectivity index (χ1n) is 10.1. The number of carbonyl (C=O) groups is 1. The lowest BCUT2D eigenvalue weighted by Crippen LogP contribution is -2.18. The van der Waals surface area contributed by atoms with Crippen LogP contribution in [0.2, 0.25) is 0 Å². The number of fused-ring (bicyclic) bond motifs is 1. The summed E-state index contributed by atoms with van der Waals surface area (Å²) in [7, 11) is 0. The minimum atomic E-state index is -4.72. The normalized spacial score (nSPS) is 11.4. The van der Waals surface area contributed by atoms with Gasteiger partial charge >= 0.3 is 6.18 Å². The molecule has 2 heterocycles. The summed E-state index contributed by atoms with van der Waals surface area (Å²) in [6.45, 7) is 1.70. The Kier molecular flexibility index (Phi) is 6.06. The van der Waals surface area contributed by atoms with Crippen molar-refractivity contribution in [2.75, 3.05) is 10.6 Å². The number of hydrogen-bond acceptors (Lipinski definition) is 4. The van der Waals surface area contributed by atoms with Gasteiger partial charge in [0.15, 0.2) is 0 Å². The number of hydrogen-bond donors (Lipinski definition) is 2. The molecule has 34 heavy (non-hydrogen) atoms. The molecule has 0 saturated heterocycles. The molecule has 0 saturated carbocycles. The number of amides is 1. The molecule has 174 valence electrons. The zero-order valence-electron chi connectivity index (χ0n) is 17.8. The molecule has 4 aromatic rings. The number of nitrogens with one attached hydrogen (secondary N) is 2. The van der Waals surface area contributed by atoms with E-state index in [1.54, 1.807) is 18.3 Å². The topological polar surface area (TPSA) is 75.5 Å². The second-order valence-electron chi connectivity index (χ2n) is 7.59. The number of pyridine rings is 1. The maximum atomic E-state index is 13.7. The summed E-state index contributed by atoms with van der Waals surface area (Å²) in [5, 5.41) is 5.05. The lowest BCUT2D eigenvalue weighted by molar-refractivity contribution is -0.136. The van der Waals surface area contributed by atoms with Crippen molar-refractivity contribution in [3.63, 3.8) is 0 Å². The van der Waals surface area contributed by atoms with Crippen molar-refractivity contribution >= 4 is 22.9 Å². The van der Waals surface area contributed by atoms with Crippen LogP contribution in [0.25, 0.3) is 5.65 Å². The molecule has 0 fully saturated rings. The molecule has 4 rings (SSSR count). The van der Waals surface area contributed by atoms with Crippen LogP contribution >= 0.6 is 0 Å². The number of aryl methyl sites for hydroxylation is 1. The monoisotopic (exact) mass is 470 g/mol. The first-order chi connectivity index (χ1) is 16.1. The Bertz CT molecular complexity index is 1430. The van der Waals surface area contributed by atoms with Crippen LogP contribution in [0, 0.1) is 12.7 Å². The van der Waals surface area contributed by atoms with Gasteiger partial charge in [0.2, 0.25) is 0 Å². The van der Waals surface area contributed by atoms with Gasteiger partial charge in [-0.15, -0.1) is 0 Å². The summed E-state index contributed by atoms with van der Waals surface area (Å²) in [6, 6.07) is 12.6. The average molecular weight is 470 g/mol. The molecule has 6 nitrogen and oxygen atoms in total. The van der Waals surface area contributed by atoms with Crippen molar-refractivity contribution in [3.05, 3.63) is 105 Å². The van der Waals surface area contributed by atoms with Crippen LogP contribution in [-0.2, 0) is 12.7 Å². The summed E-state index contributed by atoms with van der Waals surface area (Å²) >= 11 is 0. The molecule has 1 amide bonds. The van der Waals surface area contributed by atoms with Crippen LogP contribution in [0.5, 0.6) is 0 Å². The van der Waals surface area contributed by atoms with Gasteiger partial charge < -0.3 is 10.6 Å². The number of rotatable bonds is 5. The highest BCUT2D eigenvalue weighted by molar-refractivity contribution is 6.04. The number of halogens is 4. The van der Waals surface area contributed by atoms with Crippen molar-refractivity contribution in [1.82, 2.24) is 9.38 Å². The second-order valence-corrected chi connectivity index (χ2v) is 7.59. The maximum absolute atomic E-state index is 13.7. The lowest BCUT2D eigenvalue weighted by atomic mass is 10.1. The fourth-order valence-corrected chi connectivity index (χ4v) is 3.35. The third kappa shape index (κ3) is 5.06. The largest absolute Gasteiger partial charge is 0.418 e. The van der Waals surface area contributed by atoms with Gasteiger partial charge in [-0.1, -0.05) is 6.07 Å². The number of carbonyl (C=O) groups excluding carboxylic acids is 1. The van der Waals surface area contributed by atoms with Crippen molar-refractivity contribution in [2.45, 2.75) is 19.6 Å². The SMILES string of the molecule is Cc1ccc2nc(CNc3ccc(NC(=O)c4ccc(F)cc4)cc3C(F)(F)F)cc(=O)n2c1. The molecule has 2 aromatic carbocycles. The Morgan fingerprint density at radius 2 is 1.76 bits per heavy atom. The van der Waals surface area contributed by atoms with Gasteiger partial charge in [-0.3, -0.25) is 14.0 Å². The van der Waals surface area contributed by atoms with E-state index in [1.807, 2.05) is 6.92 Å². The van der Waals surface area contributed by atoms with Crippen molar-refractivity contribution in [1.29, 1.82) is 0 Å². The number of nitrogens with zero attached hydrogens (tertiary/aromatic N) is 2. The standard InChI is InChI=1S/C24H18F4N4O2/c1-14-2-9-21-30-18(11-22(33)32(21)13-14)12-29-20-8-7-17(10-19(20)24(26,27)28)31-23(34)15-3-5-16(25)6-4-15/h2-11,13,29H,12H2,1H3,(H,31,34). The van der Waals surface area contributed by atoms with Gasteiger partial charge in [-0.05, 0) is 61.0 Å². The molecule has 0 spiro atoms. The van der Waals surface area contributed by atoms with Crippen LogP contribution < -0.4 is 16.2 Å². The minimum absolute atomic E-state index is 0.0790. The fourth-order valence-electron chi connectivity index (χ4n) is 3.35. The van der Waals surface area contributed by atoms with Crippen LogP contribution in [0.15, 0.2) is 71.7 Å². The Hall–Kier alpha value is -4.21. The van der Waals surface area contributed by atoms with Gasteiger partial charge in [-0.2, -0.15) is 13.2 Å². The van der Waals surface area contributed by atoms with E-state index in [9.17, 15) is 27.2 Å². The van der Waals surface area contributed by atoms with Crippen LogP contribution in [-0.4, -0.2) is 15.3 Å². The van der Waals surface area contributed by atoms with E-state index < -0.39 is 23.5 Å². The van der Waals surface area contributed by atoms with E-state index in [2.05, 4.69) is 15.6 Å². The molecule has 10 heteroatoms. The first-order valence-corrected chi connectivity index (χ1v) is 10.1. The highest BCUT2D eigenvalue weighted by Crippen LogP contribution is 2.37. The number of anilines is 2. The third-order valence-corrected chi connectivity index (χ3v) is 5.01. The summed E-state index contributed by atoms with van der Waals surface area (Å²) in [6.07, 6.45) is -3.09. The fraction of sp³-hybridized carbons (Fsp3) is 0.125. The summed E-state index contributed by atoms with van der Waals surface area (Å²) in [5.41, 5.74) is -0.0500. The molecule has 0 atom stereocenters. The molecule has 0 aliphatic rings. The summed E-state index contributed by atoms with van der Waals surface area (Å²) in [4.78, 5) is 28.9. The zero-order chi connectivity index (χ0) is 24.5. The Morgan fingerprint density at radius 1 is 1.03 bits per heavy atom. The molecule has 0 aliphatic carbocycles. The number of aromatic nitrogens is 2. The molecule has 0 unspecified atom stereocenters. The molecule has 2 aromatic heterocycles. The second kappa shape index (κ2) is 8.97. The molecule has 0 bridgehead atoms. The number of alkyl halides is 3. The first kappa shape index (κ1) is 23.0. The summed E-state index contributed by atoms with van der Waals surface area (Å²) in [5.74, 6) is -1.21. The van der Waals surface area contributed by atoms with Crippen LogP contribution in [0.1, 0.15) is 27.2 Å². The molecule has 0 aliphatic heterocycles. The van der Waals surface area contributed by atoms with Gasteiger partial charge in [0, 0.05) is 29.2 Å². The van der Waals surface area contributed by atoms with Crippen molar-refractivity contribution < 1.29 is 22.4 Å². The molecule has 0 radical (unpaired) electrons. The smallest absolute Gasteiger partial charge is 0.379 e. The van der Waals surface area contributed by atoms with E-state index in [0.29, 0.717) is 5.65 Å². The Labute approximate surface area is 190 Å². The Balaban J connectivity index is 1.56. The highest BCUT2D eigenvalue weighted by atomic mass is 19.4.